The maximum absolute atomic E-state index is 12.5. The van der Waals surface area contributed by atoms with Crippen molar-refractivity contribution in [2.75, 3.05) is 6.61 Å². The fraction of sp³-hybridized carbons (Fsp3) is 0.300. The van der Waals surface area contributed by atoms with E-state index < -0.39 is 18.4 Å². The quantitative estimate of drug-likeness (QED) is 0.832. The Bertz CT molecular complexity index is 361. The number of ether oxygens (including phenoxy) is 1. The van der Waals surface area contributed by atoms with Crippen LogP contribution in [-0.4, -0.2) is 18.4 Å². The highest BCUT2D eigenvalue weighted by Crippen LogP contribution is 2.20. The molecule has 1 amide bonds. The van der Waals surface area contributed by atoms with Gasteiger partial charge in [-0.05, 0) is 12.1 Å². The molecule has 0 atom stereocenters. The van der Waals surface area contributed by atoms with Gasteiger partial charge in [0.15, 0.2) is 6.61 Å². The number of rotatable bonds is 4. The van der Waals surface area contributed by atoms with E-state index in [1.54, 1.807) is 12.1 Å². The molecule has 0 aliphatic rings. The van der Waals surface area contributed by atoms with Crippen LogP contribution in [0.1, 0.15) is 17.3 Å². The molecule has 0 saturated carbocycles. The summed E-state index contributed by atoms with van der Waals surface area (Å²) in [6.45, 7) is -0.0445. The van der Waals surface area contributed by atoms with Gasteiger partial charge in [-0.1, -0.05) is 12.1 Å². The van der Waals surface area contributed by atoms with Gasteiger partial charge in [0.1, 0.15) is 5.75 Å². The van der Waals surface area contributed by atoms with Gasteiger partial charge in [0, 0.05) is 6.92 Å². The first-order chi connectivity index (χ1) is 6.90. The van der Waals surface area contributed by atoms with Crippen molar-refractivity contribution >= 4 is 5.91 Å². The van der Waals surface area contributed by atoms with Gasteiger partial charge in [-0.3, -0.25) is 4.79 Å². The number of carbonyl (C=O) groups excluding carboxylic acids is 1. The second-order valence-electron chi connectivity index (χ2n) is 3.22. The molecule has 0 saturated heterocycles. The van der Waals surface area contributed by atoms with Crippen molar-refractivity contribution < 1.29 is 18.3 Å². The largest absolute Gasteiger partial charge is 0.486 e. The molecular weight excluding hydrogens is 204 g/mol. The number of hydrogen-bond donors (Lipinski definition) is 1. The summed E-state index contributed by atoms with van der Waals surface area (Å²) in [7, 11) is 0. The molecule has 0 radical (unpaired) electrons. The molecule has 0 unspecified atom stereocenters. The Balaban J connectivity index is 2.81. The van der Waals surface area contributed by atoms with Crippen molar-refractivity contribution in [3.63, 3.8) is 0 Å². The van der Waals surface area contributed by atoms with E-state index >= 15 is 0 Å². The van der Waals surface area contributed by atoms with Gasteiger partial charge < -0.3 is 10.5 Å². The summed E-state index contributed by atoms with van der Waals surface area (Å²) in [6.07, 6.45) is 0. The molecule has 0 spiro atoms. The monoisotopic (exact) mass is 215 g/mol. The first-order valence-corrected chi connectivity index (χ1v) is 4.29. The number of para-hydroxylation sites is 1. The topological polar surface area (TPSA) is 52.3 Å². The zero-order chi connectivity index (χ0) is 11.5. The van der Waals surface area contributed by atoms with Crippen LogP contribution < -0.4 is 10.5 Å². The molecular formula is C10H11F2NO2. The van der Waals surface area contributed by atoms with Crippen LogP contribution in [0.5, 0.6) is 5.75 Å². The lowest BCUT2D eigenvalue weighted by atomic mass is 10.2. The van der Waals surface area contributed by atoms with Gasteiger partial charge in [-0.15, -0.1) is 0 Å². The van der Waals surface area contributed by atoms with Crippen LogP contribution >= 0.6 is 0 Å². The SMILES string of the molecule is CC(F)(F)COc1ccccc1C(N)=O. The van der Waals surface area contributed by atoms with E-state index in [0.29, 0.717) is 0 Å². The predicted octanol–water partition coefficient (Wildman–Crippen LogP) is 1.82. The number of halogens is 2. The average molecular weight is 215 g/mol. The van der Waals surface area contributed by atoms with Crippen LogP contribution in [0.25, 0.3) is 0 Å². The van der Waals surface area contributed by atoms with Crippen LogP contribution in [0.4, 0.5) is 8.78 Å². The Morgan fingerprint density at radius 2 is 2.07 bits per heavy atom. The first kappa shape index (κ1) is 11.4. The summed E-state index contributed by atoms with van der Waals surface area (Å²) in [4.78, 5) is 10.9. The fourth-order valence-corrected chi connectivity index (χ4v) is 1.00. The van der Waals surface area contributed by atoms with E-state index in [9.17, 15) is 13.6 Å². The number of hydrogen-bond acceptors (Lipinski definition) is 2. The maximum Gasteiger partial charge on any atom is 0.278 e. The van der Waals surface area contributed by atoms with Gasteiger partial charge in [-0.25, -0.2) is 8.78 Å². The van der Waals surface area contributed by atoms with Gasteiger partial charge in [0.05, 0.1) is 5.56 Å². The van der Waals surface area contributed by atoms with Crippen molar-refractivity contribution in [1.29, 1.82) is 0 Å². The Morgan fingerprint density at radius 3 is 2.60 bits per heavy atom. The lowest BCUT2D eigenvalue weighted by Crippen LogP contribution is -2.22. The molecule has 1 aromatic rings. The number of benzene rings is 1. The van der Waals surface area contributed by atoms with E-state index in [-0.39, 0.29) is 11.3 Å². The van der Waals surface area contributed by atoms with Crippen LogP contribution in [0.15, 0.2) is 24.3 Å². The lowest BCUT2D eigenvalue weighted by molar-refractivity contribution is -0.0231. The lowest BCUT2D eigenvalue weighted by Gasteiger charge is -2.13. The molecule has 0 aliphatic carbocycles. The van der Waals surface area contributed by atoms with Gasteiger partial charge in [0.2, 0.25) is 0 Å². The molecule has 3 nitrogen and oxygen atoms in total. The minimum atomic E-state index is -2.94. The first-order valence-electron chi connectivity index (χ1n) is 4.29. The molecule has 0 aromatic heterocycles. The third kappa shape index (κ3) is 3.53. The van der Waals surface area contributed by atoms with Crippen molar-refractivity contribution in [1.82, 2.24) is 0 Å². The number of nitrogens with two attached hydrogens (primary N) is 1. The summed E-state index contributed by atoms with van der Waals surface area (Å²) >= 11 is 0. The van der Waals surface area contributed by atoms with Crippen LogP contribution in [0.3, 0.4) is 0 Å². The van der Waals surface area contributed by atoms with E-state index in [4.69, 9.17) is 10.5 Å². The number of carbonyl (C=O) groups is 1. The second kappa shape index (κ2) is 4.25. The number of alkyl halides is 2. The zero-order valence-electron chi connectivity index (χ0n) is 8.17. The Kier molecular flexibility index (Phi) is 3.24. The van der Waals surface area contributed by atoms with E-state index in [1.165, 1.54) is 12.1 Å². The highest BCUT2D eigenvalue weighted by atomic mass is 19.3. The molecule has 0 aliphatic heterocycles. The van der Waals surface area contributed by atoms with Crippen LogP contribution in [0.2, 0.25) is 0 Å². The highest BCUT2D eigenvalue weighted by Gasteiger charge is 2.23. The van der Waals surface area contributed by atoms with Gasteiger partial charge in [0.25, 0.3) is 11.8 Å². The molecule has 2 N–H and O–H groups in total. The summed E-state index contributed by atoms with van der Waals surface area (Å²) in [5.74, 6) is -3.57. The van der Waals surface area contributed by atoms with E-state index in [1.807, 2.05) is 0 Å². The molecule has 0 bridgehead atoms. The zero-order valence-corrected chi connectivity index (χ0v) is 8.17. The fourth-order valence-electron chi connectivity index (χ4n) is 1.00. The molecule has 0 heterocycles. The standard InChI is InChI=1S/C10H11F2NO2/c1-10(11,12)6-15-8-5-3-2-4-7(8)9(13)14/h2-5H,6H2,1H3,(H2,13,14). The second-order valence-corrected chi connectivity index (χ2v) is 3.22. The third-order valence-electron chi connectivity index (χ3n) is 1.63. The summed E-state index contributed by atoms with van der Waals surface area (Å²) in [5.41, 5.74) is 5.15. The predicted molar refractivity (Wildman–Crippen MR) is 51.1 cm³/mol. The molecule has 1 aromatic carbocycles. The third-order valence-corrected chi connectivity index (χ3v) is 1.63. The Labute approximate surface area is 85.8 Å². The molecule has 1 rings (SSSR count). The normalized spacial score (nSPS) is 11.1. The number of amides is 1. The Morgan fingerprint density at radius 1 is 1.47 bits per heavy atom. The number of primary amides is 1. The molecule has 15 heavy (non-hydrogen) atoms. The Hall–Kier alpha value is -1.65. The van der Waals surface area contributed by atoms with Gasteiger partial charge in [-0.2, -0.15) is 0 Å². The van der Waals surface area contributed by atoms with E-state index in [0.717, 1.165) is 6.92 Å². The van der Waals surface area contributed by atoms with Crippen molar-refractivity contribution in [2.45, 2.75) is 12.8 Å². The smallest absolute Gasteiger partial charge is 0.278 e. The highest BCUT2D eigenvalue weighted by molar-refractivity contribution is 5.95. The average Bonchev–Trinajstić information content (AvgIpc) is 2.14. The molecule has 0 fully saturated rings. The van der Waals surface area contributed by atoms with Crippen LogP contribution in [0, 0.1) is 0 Å². The maximum atomic E-state index is 12.5. The molecule has 82 valence electrons. The van der Waals surface area contributed by atoms with Crippen molar-refractivity contribution in [3.8, 4) is 5.75 Å². The summed E-state index contributed by atoms with van der Waals surface area (Å²) in [5, 5.41) is 0. The van der Waals surface area contributed by atoms with Crippen molar-refractivity contribution in [2.24, 2.45) is 5.73 Å². The van der Waals surface area contributed by atoms with Crippen molar-refractivity contribution in [3.05, 3.63) is 29.8 Å². The minimum absolute atomic E-state index is 0.0755. The molecule has 5 heteroatoms. The van der Waals surface area contributed by atoms with Gasteiger partial charge >= 0.3 is 0 Å². The van der Waals surface area contributed by atoms with Crippen LogP contribution in [-0.2, 0) is 0 Å². The summed E-state index contributed by atoms with van der Waals surface area (Å²) in [6, 6.07) is 6.00. The summed E-state index contributed by atoms with van der Waals surface area (Å²) < 4.78 is 29.8. The minimum Gasteiger partial charge on any atom is -0.486 e. The van der Waals surface area contributed by atoms with E-state index in [2.05, 4.69) is 0 Å².